The van der Waals surface area contributed by atoms with Crippen LogP contribution in [0.3, 0.4) is 0 Å². The maximum atomic E-state index is 12.5. The highest BCUT2D eigenvalue weighted by Crippen LogP contribution is 2.31. The van der Waals surface area contributed by atoms with Crippen LogP contribution in [0.2, 0.25) is 0 Å². The first-order valence-electron chi connectivity index (χ1n) is 6.37. The summed E-state index contributed by atoms with van der Waals surface area (Å²) < 4.78 is 37.6. The summed E-state index contributed by atoms with van der Waals surface area (Å²) in [7, 11) is 1.52. The van der Waals surface area contributed by atoms with Gasteiger partial charge in [0.25, 0.3) is 0 Å². The smallest absolute Gasteiger partial charge is 0.390 e. The summed E-state index contributed by atoms with van der Waals surface area (Å²) >= 11 is 0. The number of nitrogens with zero attached hydrogens (tertiary/aromatic N) is 2. The van der Waals surface area contributed by atoms with Gasteiger partial charge in [0, 0.05) is 25.0 Å². The van der Waals surface area contributed by atoms with E-state index in [2.05, 4.69) is 0 Å². The molecule has 2 amide bonds. The third-order valence-electron chi connectivity index (χ3n) is 3.35. The fraction of sp³-hybridized carbons (Fsp3) is 0.357. The number of hydrogen-bond donors (Lipinski definition) is 1. The fourth-order valence-corrected chi connectivity index (χ4v) is 2.14. The van der Waals surface area contributed by atoms with Crippen molar-refractivity contribution < 1.29 is 23.1 Å². The first kappa shape index (κ1) is 15.4. The lowest BCUT2D eigenvalue weighted by Gasteiger charge is -2.26. The second-order valence-corrected chi connectivity index (χ2v) is 4.68. The van der Waals surface area contributed by atoms with E-state index in [9.17, 15) is 23.1 Å². The van der Waals surface area contributed by atoms with E-state index in [0.717, 1.165) is 12.1 Å². The van der Waals surface area contributed by atoms with Crippen molar-refractivity contribution in [3.05, 3.63) is 41.6 Å². The molecule has 0 spiro atoms. The molecule has 2 rings (SSSR count). The Kier molecular flexibility index (Phi) is 4.22. The molecule has 4 nitrogen and oxygen atoms in total. The van der Waals surface area contributed by atoms with Gasteiger partial charge in [-0.2, -0.15) is 13.2 Å². The Hall–Kier alpha value is -2.02. The molecule has 1 aliphatic rings. The molecule has 21 heavy (non-hydrogen) atoms. The zero-order chi connectivity index (χ0) is 15.6. The number of aliphatic hydroxyl groups excluding tert-OH is 1. The van der Waals surface area contributed by atoms with Gasteiger partial charge >= 0.3 is 12.2 Å². The van der Waals surface area contributed by atoms with Crippen LogP contribution < -0.4 is 4.90 Å². The Labute approximate surface area is 120 Å². The second-order valence-electron chi connectivity index (χ2n) is 4.68. The summed E-state index contributed by atoms with van der Waals surface area (Å²) in [6, 6.07) is 4.08. The number of benzene rings is 1. The minimum absolute atomic E-state index is 0.261. The van der Waals surface area contributed by atoms with E-state index in [1.165, 1.54) is 29.0 Å². The Balaban J connectivity index is 2.24. The third-order valence-corrected chi connectivity index (χ3v) is 3.35. The molecular formula is C14H15F3N2O2. The molecule has 1 aliphatic heterocycles. The van der Waals surface area contributed by atoms with Crippen molar-refractivity contribution in [3.63, 3.8) is 0 Å². The van der Waals surface area contributed by atoms with Crippen LogP contribution in [0.4, 0.5) is 23.7 Å². The highest BCUT2D eigenvalue weighted by molar-refractivity contribution is 5.93. The molecular weight excluding hydrogens is 285 g/mol. The van der Waals surface area contributed by atoms with E-state index < -0.39 is 11.7 Å². The standard InChI is InChI=1S/C14H15F3N2O2/c1-18-12(9-20)3-2-8-19(13(18)21)11-6-4-10(5-7-11)14(15,16)17/h3-7,20H,2,8-9H2,1H3. The van der Waals surface area contributed by atoms with E-state index in [-0.39, 0.29) is 12.6 Å². The lowest BCUT2D eigenvalue weighted by Crippen LogP contribution is -2.40. The molecule has 0 fully saturated rings. The topological polar surface area (TPSA) is 43.8 Å². The molecule has 0 aliphatic carbocycles. The van der Waals surface area contributed by atoms with Crippen molar-refractivity contribution in [2.45, 2.75) is 12.6 Å². The highest BCUT2D eigenvalue weighted by atomic mass is 19.4. The number of amides is 2. The van der Waals surface area contributed by atoms with Crippen molar-refractivity contribution in [3.8, 4) is 0 Å². The summed E-state index contributed by atoms with van der Waals surface area (Å²) in [5.41, 5.74) is 0.123. The number of urea groups is 1. The van der Waals surface area contributed by atoms with Crippen LogP contribution in [0.5, 0.6) is 0 Å². The number of alkyl halides is 3. The maximum absolute atomic E-state index is 12.5. The van der Waals surface area contributed by atoms with E-state index in [4.69, 9.17) is 0 Å². The summed E-state index contributed by atoms with van der Waals surface area (Å²) in [6.45, 7) is 0.0845. The number of anilines is 1. The van der Waals surface area contributed by atoms with Gasteiger partial charge < -0.3 is 5.11 Å². The van der Waals surface area contributed by atoms with Crippen LogP contribution in [0.15, 0.2) is 36.0 Å². The van der Waals surface area contributed by atoms with Crippen molar-refractivity contribution in [1.29, 1.82) is 0 Å². The lowest BCUT2D eigenvalue weighted by atomic mass is 10.2. The Morgan fingerprint density at radius 1 is 1.24 bits per heavy atom. The van der Waals surface area contributed by atoms with Gasteiger partial charge in [0.15, 0.2) is 0 Å². The predicted molar refractivity (Wildman–Crippen MR) is 71.7 cm³/mol. The van der Waals surface area contributed by atoms with Crippen LogP contribution in [0.1, 0.15) is 12.0 Å². The van der Waals surface area contributed by atoms with Gasteiger partial charge in [-0.15, -0.1) is 0 Å². The van der Waals surface area contributed by atoms with Crippen molar-refractivity contribution in [2.75, 3.05) is 25.1 Å². The Morgan fingerprint density at radius 3 is 2.38 bits per heavy atom. The van der Waals surface area contributed by atoms with Gasteiger partial charge in [0.05, 0.1) is 12.2 Å². The average Bonchev–Trinajstić information content (AvgIpc) is 2.58. The molecule has 1 N–H and O–H groups in total. The minimum atomic E-state index is -4.40. The van der Waals surface area contributed by atoms with Crippen molar-refractivity contribution >= 4 is 11.7 Å². The largest absolute Gasteiger partial charge is 0.416 e. The molecule has 114 valence electrons. The zero-order valence-electron chi connectivity index (χ0n) is 11.4. The van der Waals surface area contributed by atoms with Crippen LogP contribution in [0, 0.1) is 0 Å². The quantitative estimate of drug-likeness (QED) is 0.912. The molecule has 0 bridgehead atoms. The molecule has 0 radical (unpaired) electrons. The minimum Gasteiger partial charge on any atom is -0.390 e. The van der Waals surface area contributed by atoms with Gasteiger partial charge in [0.1, 0.15) is 0 Å². The number of rotatable bonds is 2. The molecule has 0 atom stereocenters. The normalized spacial score (nSPS) is 16.8. The SMILES string of the molecule is CN1C(=O)N(c2ccc(C(F)(F)F)cc2)CCC=C1CO. The second kappa shape index (κ2) is 5.77. The summed E-state index contributed by atoms with van der Waals surface area (Å²) in [4.78, 5) is 15.0. The monoisotopic (exact) mass is 300 g/mol. The lowest BCUT2D eigenvalue weighted by molar-refractivity contribution is -0.137. The Bertz CT molecular complexity index is 552. The molecule has 7 heteroatoms. The first-order valence-corrected chi connectivity index (χ1v) is 6.37. The molecule has 0 saturated carbocycles. The number of halogens is 3. The van der Waals surface area contributed by atoms with Gasteiger partial charge in [0.2, 0.25) is 0 Å². The van der Waals surface area contributed by atoms with E-state index in [1.54, 1.807) is 6.08 Å². The predicted octanol–water partition coefficient (Wildman–Crippen LogP) is 2.84. The zero-order valence-corrected chi connectivity index (χ0v) is 11.4. The number of carbonyl (C=O) groups is 1. The van der Waals surface area contributed by atoms with Crippen molar-refractivity contribution in [2.24, 2.45) is 0 Å². The van der Waals surface area contributed by atoms with Crippen molar-refractivity contribution in [1.82, 2.24) is 4.90 Å². The summed E-state index contributed by atoms with van der Waals surface area (Å²) in [5.74, 6) is 0. The van der Waals surface area contributed by atoms with Gasteiger partial charge in [-0.25, -0.2) is 4.79 Å². The fourth-order valence-electron chi connectivity index (χ4n) is 2.14. The number of likely N-dealkylation sites (N-methyl/N-ethyl adjacent to an activating group) is 1. The van der Waals surface area contributed by atoms with Crippen LogP contribution in [0.25, 0.3) is 0 Å². The maximum Gasteiger partial charge on any atom is 0.416 e. The molecule has 0 unspecified atom stereocenters. The van der Waals surface area contributed by atoms with E-state index in [0.29, 0.717) is 24.4 Å². The van der Waals surface area contributed by atoms with Gasteiger partial charge in [-0.1, -0.05) is 6.08 Å². The first-order chi connectivity index (χ1) is 9.84. The average molecular weight is 300 g/mol. The molecule has 0 saturated heterocycles. The van der Waals surface area contributed by atoms with Crippen LogP contribution in [-0.4, -0.2) is 36.2 Å². The van der Waals surface area contributed by atoms with Gasteiger partial charge in [-0.3, -0.25) is 9.80 Å². The molecule has 1 aromatic rings. The Morgan fingerprint density at radius 2 is 1.86 bits per heavy atom. The van der Waals surface area contributed by atoms with Gasteiger partial charge in [-0.05, 0) is 30.7 Å². The number of carbonyl (C=O) groups excluding carboxylic acids is 1. The third kappa shape index (κ3) is 3.18. The number of aliphatic hydroxyl groups is 1. The van der Waals surface area contributed by atoms with Crippen LogP contribution in [-0.2, 0) is 6.18 Å². The molecule has 1 heterocycles. The highest BCUT2D eigenvalue weighted by Gasteiger charge is 2.31. The summed E-state index contributed by atoms with van der Waals surface area (Å²) in [6.07, 6.45) is -2.14. The van der Waals surface area contributed by atoms with Crippen LogP contribution >= 0.6 is 0 Å². The summed E-state index contributed by atoms with van der Waals surface area (Å²) in [5, 5.41) is 9.18. The van der Waals surface area contributed by atoms with E-state index in [1.807, 2.05) is 0 Å². The molecule has 1 aromatic carbocycles. The molecule has 0 aromatic heterocycles. The van der Waals surface area contributed by atoms with E-state index >= 15 is 0 Å². The number of hydrogen-bond acceptors (Lipinski definition) is 2.